The standard InChI is InChI=1S/C17H27NS/c1-11(2)14-6-8-16(18)17(10-14)19-15-7-5-12(3)13(4)9-15/h5,7,9,11,14,16-17H,6,8,10,18H2,1-4H3. The predicted octanol–water partition coefficient (Wildman–Crippen LogP) is 4.55. The Bertz CT molecular complexity index is 427. The number of thioether (sulfide) groups is 1. The Balaban J connectivity index is 2.05. The third-order valence-corrected chi connectivity index (χ3v) is 5.96. The first-order valence-electron chi connectivity index (χ1n) is 7.47. The molecule has 1 aromatic carbocycles. The number of rotatable bonds is 3. The van der Waals surface area contributed by atoms with E-state index < -0.39 is 0 Å². The molecule has 0 saturated heterocycles. The van der Waals surface area contributed by atoms with E-state index in [-0.39, 0.29) is 0 Å². The summed E-state index contributed by atoms with van der Waals surface area (Å²) in [4.78, 5) is 1.38. The predicted molar refractivity (Wildman–Crippen MR) is 85.7 cm³/mol. The maximum absolute atomic E-state index is 6.34. The van der Waals surface area contributed by atoms with Crippen LogP contribution in [-0.4, -0.2) is 11.3 Å². The molecule has 1 aliphatic carbocycles. The van der Waals surface area contributed by atoms with Crippen LogP contribution in [0.15, 0.2) is 23.1 Å². The van der Waals surface area contributed by atoms with Gasteiger partial charge in [-0.2, -0.15) is 0 Å². The van der Waals surface area contributed by atoms with E-state index in [1.54, 1.807) is 0 Å². The van der Waals surface area contributed by atoms with E-state index in [9.17, 15) is 0 Å². The van der Waals surface area contributed by atoms with Gasteiger partial charge in [0, 0.05) is 16.2 Å². The molecule has 1 nitrogen and oxygen atoms in total. The van der Waals surface area contributed by atoms with Crippen molar-refractivity contribution in [3.05, 3.63) is 29.3 Å². The smallest absolute Gasteiger partial charge is 0.0249 e. The lowest BCUT2D eigenvalue weighted by Gasteiger charge is -2.35. The van der Waals surface area contributed by atoms with Crippen LogP contribution in [0.25, 0.3) is 0 Å². The minimum atomic E-state index is 0.363. The number of hydrogen-bond donors (Lipinski definition) is 1. The van der Waals surface area contributed by atoms with Crippen LogP contribution in [-0.2, 0) is 0 Å². The van der Waals surface area contributed by atoms with Crippen molar-refractivity contribution in [2.75, 3.05) is 0 Å². The van der Waals surface area contributed by atoms with Crippen LogP contribution in [0.5, 0.6) is 0 Å². The summed E-state index contributed by atoms with van der Waals surface area (Å²) in [6.45, 7) is 9.06. The van der Waals surface area contributed by atoms with E-state index in [1.807, 2.05) is 11.8 Å². The lowest BCUT2D eigenvalue weighted by molar-refractivity contribution is 0.266. The molecule has 0 radical (unpaired) electrons. The third kappa shape index (κ3) is 3.76. The second kappa shape index (κ2) is 6.32. The minimum Gasteiger partial charge on any atom is -0.327 e. The summed E-state index contributed by atoms with van der Waals surface area (Å²) in [6.07, 6.45) is 3.77. The fourth-order valence-corrected chi connectivity index (χ4v) is 4.28. The molecule has 3 atom stereocenters. The van der Waals surface area contributed by atoms with Crippen molar-refractivity contribution < 1.29 is 0 Å². The van der Waals surface area contributed by atoms with Gasteiger partial charge in [-0.3, -0.25) is 0 Å². The fraction of sp³-hybridized carbons (Fsp3) is 0.647. The number of aryl methyl sites for hydroxylation is 2. The van der Waals surface area contributed by atoms with Crippen molar-refractivity contribution in [3.63, 3.8) is 0 Å². The molecule has 0 aromatic heterocycles. The number of benzene rings is 1. The maximum atomic E-state index is 6.34. The molecular formula is C17H27NS. The second-order valence-electron chi connectivity index (χ2n) is 6.38. The van der Waals surface area contributed by atoms with Crippen LogP contribution in [0.1, 0.15) is 44.2 Å². The minimum absolute atomic E-state index is 0.363. The highest BCUT2D eigenvalue weighted by molar-refractivity contribution is 8.00. The van der Waals surface area contributed by atoms with Crippen LogP contribution in [0.2, 0.25) is 0 Å². The summed E-state index contributed by atoms with van der Waals surface area (Å²) < 4.78 is 0. The van der Waals surface area contributed by atoms with E-state index in [4.69, 9.17) is 5.73 Å². The highest BCUT2D eigenvalue weighted by atomic mass is 32.2. The molecule has 106 valence electrons. The highest BCUT2D eigenvalue weighted by Gasteiger charge is 2.30. The van der Waals surface area contributed by atoms with E-state index in [0.29, 0.717) is 11.3 Å². The second-order valence-corrected chi connectivity index (χ2v) is 7.70. The zero-order valence-electron chi connectivity index (χ0n) is 12.6. The van der Waals surface area contributed by atoms with Gasteiger partial charge < -0.3 is 5.73 Å². The Morgan fingerprint density at radius 1 is 1.16 bits per heavy atom. The Labute approximate surface area is 122 Å². The third-order valence-electron chi connectivity index (χ3n) is 4.59. The first-order chi connectivity index (χ1) is 8.97. The summed E-state index contributed by atoms with van der Waals surface area (Å²) in [6, 6.07) is 7.15. The quantitative estimate of drug-likeness (QED) is 0.877. The first-order valence-corrected chi connectivity index (χ1v) is 8.35. The van der Waals surface area contributed by atoms with Gasteiger partial charge in [-0.25, -0.2) is 0 Å². The molecule has 2 heteroatoms. The van der Waals surface area contributed by atoms with Crippen LogP contribution in [0, 0.1) is 25.7 Å². The molecule has 0 spiro atoms. The summed E-state index contributed by atoms with van der Waals surface area (Å²) >= 11 is 1.99. The molecule has 0 aliphatic heterocycles. The maximum Gasteiger partial charge on any atom is 0.0249 e. The molecule has 0 bridgehead atoms. The van der Waals surface area contributed by atoms with Crippen molar-refractivity contribution in [3.8, 4) is 0 Å². The van der Waals surface area contributed by atoms with Gasteiger partial charge in [0.05, 0.1) is 0 Å². The molecule has 1 aliphatic rings. The molecule has 1 aromatic rings. The molecule has 3 unspecified atom stereocenters. The molecule has 2 rings (SSSR count). The molecule has 1 fully saturated rings. The van der Waals surface area contributed by atoms with Crippen molar-refractivity contribution >= 4 is 11.8 Å². The fourth-order valence-electron chi connectivity index (χ4n) is 2.89. The molecule has 19 heavy (non-hydrogen) atoms. The summed E-state index contributed by atoms with van der Waals surface area (Å²) in [5.41, 5.74) is 9.09. The first kappa shape index (κ1) is 14.9. The molecule has 0 amide bonds. The Morgan fingerprint density at radius 3 is 2.53 bits per heavy atom. The summed E-state index contributed by atoms with van der Waals surface area (Å²) in [5, 5.41) is 0.586. The molecule has 2 N–H and O–H groups in total. The largest absolute Gasteiger partial charge is 0.327 e. The summed E-state index contributed by atoms with van der Waals surface area (Å²) in [7, 11) is 0. The van der Waals surface area contributed by atoms with Crippen LogP contribution < -0.4 is 5.73 Å². The van der Waals surface area contributed by atoms with E-state index in [2.05, 4.69) is 45.9 Å². The van der Waals surface area contributed by atoms with Gasteiger partial charge >= 0.3 is 0 Å². The van der Waals surface area contributed by atoms with Crippen molar-refractivity contribution in [2.24, 2.45) is 17.6 Å². The Hall–Kier alpha value is -0.470. The Morgan fingerprint density at radius 2 is 1.89 bits per heavy atom. The van der Waals surface area contributed by atoms with E-state index in [0.717, 1.165) is 11.8 Å². The van der Waals surface area contributed by atoms with Crippen molar-refractivity contribution in [1.29, 1.82) is 0 Å². The highest BCUT2D eigenvalue weighted by Crippen LogP contribution is 2.38. The Kier molecular flexibility index (Phi) is 4.97. The van der Waals surface area contributed by atoms with Crippen molar-refractivity contribution in [2.45, 2.75) is 63.1 Å². The van der Waals surface area contributed by atoms with E-state index >= 15 is 0 Å². The van der Waals surface area contributed by atoms with Crippen LogP contribution >= 0.6 is 11.8 Å². The van der Waals surface area contributed by atoms with Gasteiger partial charge in [0.25, 0.3) is 0 Å². The molecule has 1 saturated carbocycles. The topological polar surface area (TPSA) is 26.0 Å². The van der Waals surface area contributed by atoms with Crippen LogP contribution in [0.3, 0.4) is 0 Å². The zero-order chi connectivity index (χ0) is 14.0. The average Bonchev–Trinajstić information content (AvgIpc) is 2.36. The van der Waals surface area contributed by atoms with Gasteiger partial charge in [-0.15, -0.1) is 11.8 Å². The molecule has 0 heterocycles. The van der Waals surface area contributed by atoms with Gasteiger partial charge in [0.1, 0.15) is 0 Å². The van der Waals surface area contributed by atoms with Gasteiger partial charge in [0.15, 0.2) is 0 Å². The number of nitrogens with two attached hydrogens (primary N) is 1. The van der Waals surface area contributed by atoms with Gasteiger partial charge in [0.2, 0.25) is 0 Å². The van der Waals surface area contributed by atoms with Gasteiger partial charge in [-0.1, -0.05) is 19.9 Å². The lowest BCUT2D eigenvalue weighted by atomic mass is 9.79. The van der Waals surface area contributed by atoms with Crippen molar-refractivity contribution in [1.82, 2.24) is 0 Å². The van der Waals surface area contributed by atoms with Gasteiger partial charge in [-0.05, 0) is 68.2 Å². The lowest BCUT2D eigenvalue weighted by Crippen LogP contribution is -2.39. The average molecular weight is 277 g/mol. The summed E-state index contributed by atoms with van der Waals surface area (Å²) in [5.74, 6) is 1.64. The SMILES string of the molecule is Cc1ccc(SC2CC(C(C)C)CCC2N)cc1C. The zero-order valence-corrected chi connectivity index (χ0v) is 13.5. The van der Waals surface area contributed by atoms with E-state index in [1.165, 1.54) is 35.3 Å². The molecular weight excluding hydrogens is 250 g/mol. The van der Waals surface area contributed by atoms with Crippen LogP contribution in [0.4, 0.5) is 0 Å². The number of hydrogen-bond acceptors (Lipinski definition) is 2. The normalized spacial score (nSPS) is 27.8. The monoisotopic (exact) mass is 277 g/mol.